The maximum Gasteiger partial charge on any atom is 0.170 e. The Kier molecular flexibility index (Phi) is 5.81. The minimum Gasteiger partial charge on any atom is -0.497 e. The Morgan fingerprint density at radius 1 is 1.15 bits per heavy atom. The second-order valence-corrected chi connectivity index (χ2v) is 6.52. The summed E-state index contributed by atoms with van der Waals surface area (Å²) in [6.45, 7) is 2.60. The van der Waals surface area contributed by atoms with E-state index >= 15 is 0 Å². The van der Waals surface area contributed by atoms with Crippen molar-refractivity contribution < 1.29 is 13.9 Å². The number of methoxy groups -OCH3 is 2. The lowest BCUT2D eigenvalue weighted by atomic mass is 10.1. The molecule has 0 aliphatic carbocycles. The van der Waals surface area contributed by atoms with Gasteiger partial charge in [0.1, 0.15) is 17.3 Å². The van der Waals surface area contributed by atoms with Crippen LogP contribution in [0.5, 0.6) is 11.5 Å². The number of aromatic amines is 1. The van der Waals surface area contributed by atoms with E-state index in [1.54, 1.807) is 26.4 Å². The van der Waals surface area contributed by atoms with Gasteiger partial charge in [0, 0.05) is 29.2 Å². The molecule has 0 aliphatic heterocycles. The number of halogens is 1. The van der Waals surface area contributed by atoms with Crippen LogP contribution in [-0.2, 0) is 6.42 Å². The minimum atomic E-state index is -0.238. The van der Waals surface area contributed by atoms with E-state index in [2.05, 4.69) is 15.6 Å². The van der Waals surface area contributed by atoms with Crippen molar-refractivity contribution in [3.8, 4) is 11.5 Å². The molecule has 1 heterocycles. The number of benzene rings is 2. The SMILES string of the molecule is COc1ccc(OC)c(NC(=S)NCCc2c(C)[nH]c3ccc(F)cc23)c1. The fourth-order valence-electron chi connectivity index (χ4n) is 3.06. The number of hydrogen-bond donors (Lipinski definition) is 3. The van der Waals surface area contributed by atoms with Gasteiger partial charge in [-0.25, -0.2) is 4.39 Å². The number of hydrogen-bond acceptors (Lipinski definition) is 3. The molecular weight excluding hydrogens is 365 g/mol. The van der Waals surface area contributed by atoms with E-state index in [1.165, 1.54) is 6.07 Å². The molecule has 0 radical (unpaired) electrons. The lowest BCUT2D eigenvalue weighted by Gasteiger charge is -2.14. The number of aromatic nitrogens is 1. The summed E-state index contributed by atoms with van der Waals surface area (Å²) in [4.78, 5) is 3.29. The summed E-state index contributed by atoms with van der Waals surface area (Å²) >= 11 is 5.38. The van der Waals surface area contributed by atoms with Gasteiger partial charge in [-0.3, -0.25) is 0 Å². The lowest BCUT2D eigenvalue weighted by molar-refractivity contribution is 0.405. The second kappa shape index (κ2) is 8.26. The number of rotatable bonds is 6. The largest absolute Gasteiger partial charge is 0.497 e. The van der Waals surface area contributed by atoms with Crippen LogP contribution in [0, 0.1) is 12.7 Å². The molecule has 0 saturated heterocycles. The number of H-pyrrole nitrogens is 1. The summed E-state index contributed by atoms with van der Waals surface area (Å²) in [5.74, 6) is 1.14. The highest BCUT2D eigenvalue weighted by Gasteiger charge is 2.10. The van der Waals surface area contributed by atoms with Gasteiger partial charge in [-0.05, 0) is 61.5 Å². The van der Waals surface area contributed by atoms with Crippen LogP contribution in [-0.4, -0.2) is 30.9 Å². The summed E-state index contributed by atoms with van der Waals surface area (Å²) in [7, 11) is 3.21. The standard InChI is InChI=1S/C20H22FN3O2S/c1-12-15(16-10-13(21)4-6-17(16)23-12)8-9-22-20(27)24-18-11-14(25-2)5-7-19(18)26-3/h4-7,10-11,23H,8-9H2,1-3H3,(H2,22,24,27). The average molecular weight is 387 g/mol. The molecular formula is C20H22FN3O2S. The maximum absolute atomic E-state index is 13.6. The highest BCUT2D eigenvalue weighted by molar-refractivity contribution is 7.80. The summed E-state index contributed by atoms with van der Waals surface area (Å²) in [5.41, 5.74) is 3.77. The van der Waals surface area contributed by atoms with Crippen LogP contribution in [0.4, 0.5) is 10.1 Å². The third-order valence-electron chi connectivity index (χ3n) is 4.40. The zero-order valence-electron chi connectivity index (χ0n) is 15.5. The molecule has 0 atom stereocenters. The quantitative estimate of drug-likeness (QED) is 0.555. The van der Waals surface area contributed by atoms with Gasteiger partial charge in [0.25, 0.3) is 0 Å². The Morgan fingerprint density at radius 2 is 1.96 bits per heavy atom. The van der Waals surface area contributed by atoms with Crippen LogP contribution in [0.1, 0.15) is 11.3 Å². The van der Waals surface area contributed by atoms with Crippen molar-refractivity contribution in [3.05, 3.63) is 53.5 Å². The Labute approximate surface area is 162 Å². The Hall–Kier alpha value is -2.80. The topological polar surface area (TPSA) is 58.3 Å². The van der Waals surface area contributed by atoms with E-state index in [4.69, 9.17) is 21.7 Å². The molecule has 5 nitrogen and oxygen atoms in total. The lowest BCUT2D eigenvalue weighted by Crippen LogP contribution is -2.30. The second-order valence-electron chi connectivity index (χ2n) is 6.12. The number of thiocarbonyl (C=S) groups is 1. The molecule has 0 aliphatic rings. The van der Waals surface area contributed by atoms with Crippen molar-refractivity contribution in [1.29, 1.82) is 0 Å². The maximum atomic E-state index is 13.6. The minimum absolute atomic E-state index is 0.238. The van der Waals surface area contributed by atoms with Gasteiger partial charge in [-0.2, -0.15) is 0 Å². The predicted octanol–water partition coefficient (Wildman–Crippen LogP) is 4.16. The van der Waals surface area contributed by atoms with Crippen LogP contribution < -0.4 is 20.1 Å². The van der Waals surface area contributed by atoms with Gasteiger partial charge in [0.2, 0.25) is 0 Å². The normalized spacial score (nSPS) is 10.7. The smallest absolute Gasteiger partial charge is 0.170 e. The van der Waals surface area contributed by atoms with Crippen molar-refractivity contribution in [1.82, 2.24) is 10.3 Å². The van der Waals surface area contributed by atoms with E-state index in [0.717, 1.165) is 27.8 Å². The molecule has 7 heteroatoms. The van der Waals surface area contributed by atoms with Crippen LogP contribution in [0.3, 0.4) is 0 Å². The number of anilines is 1. The third kappa shape index (κ3) is 4.31. The molecule has 1 aromatic heterocycles. The monoisotopic (exact) mass is 387 g/mol. The summed E-state index contributed by atoms with van der Waals surface area (Å²) < 4.78 is 24.1. The number of fused-ring (bicyclic) bond motifs is 1. The van der Waals surface area contributed by atoms with E-state index < -0.39 is 0 Å². The van der Waals surface area contributed by atoms with Crippen LogP contribution in [0.2, 0.25) is 0 Å². The molecule has 142 valence electrons. The molecule has 2 aromatic carbocycles. The molecule has 0 amide bonds. The number of nitrogens with one attached hydrogen (secondary N) is 3. The Bertz CT molecular complexity index is 971. The van der Waals surface area contributed by atoms with Crippen LogP contribution >= 0.6 is 12.2 Å². The first-order chi connectivity index (χ1) is 13.0. The summed E-state index contributed by atoms with van der Waals surface area (Å²) in [5, 5.41) is 7.69. The third-order valence-corrected chi connectivity index (χ3v) is 4.64. The molecule has 3 aromatic rings. The fourth-order valence-corrected chi connectivity index (χ4v) is 3.27. The molecule has 3 N–H and O–H groups in total. The van der Waals surface area contributed by atoms with Crippen LogP contribution in [0.25, 0.3) is 10.9 Å². The highest BCUT2D eigenvalue weighted by Crippen LogP contribution is 2.29. The first kappa shape index (κ1) is 19.0. The summed E-state index contributed by atoms with van der Waals surface area (Å²) in [6.07, 6.45) is 0.715. The van der Waals surface area contributed by atoms with E-state index in [-0.39, 0.29) is 5.82 Å². The molecule has 0 bridgehead atoms. The average Bonchev–Trinajstić information content (AvgIpc) is 2.96. The van der Waals surface area contributed by atoms with Gasteiger partial charge in [0.15, 0.2) is 5.11 Å². The molecule has 0 saturated carbocycles. The van der Waals surface area contributed by atoms with Crippen molar-refractivity contribution >= 4 is 33.9 Å². The van der Waals surface area contributed by atoms with Gasteiger partial charge >= 0.3 is 0 Å². The number of aryl methyl sites for hydroxylation is 1. The van der Waals surface area contributed by atoms with Crippen molar-refractivity contribution in [2.24, 2.45) is 0 Å². The predicted molar refractivity (Wildman–Crippen MR) is 110 cm³/mol. The van der Waals surface area contributed by atoms with Gasteiger partial charge in [0.05, 0.1) is 19.9 Å². The van der Waals surface area contributed by atoms with Gasteiger partial charge in [-0.15, -0.1) is 0 Å². The number of ether oxygens (including phenoxy) is 2. The van der Waals surface area contributed by atoms with E-state index in [0.29, 0.717) is 29.6 Å². The molecule has 3 rings (SSSR count). The van der Waals surface area contributed by atoms with Crippen molar-refractivity contribution in [2.45, 2.75) is 13.3 Å². The molecule has 27 heavy (non-hydrogen) atoms. The Balaban J connectivity index is 1.64. The van der Waals surface area contributed by atoms with E-state index in [1.807, 2.05) is 25.1 Å². The van der Waals surface area contributed by atoms with Gasteiger partial charge < -0.3 is 25.1 Å². The van der Waals surface area contributed by atoms with Crippen molar-refractivity contribution in [3.63, 3.8) is 0 Å². The van der Waals surface area contributed by atoms with E-state index in [9.17, 15) is 4.39 Å². The summed E-state index contributed by atoms with van der Waals surface area (Å²) in [6, 6.07) is 10.2. The highest BCUT2D eigenvalue weighted by atomic mass is 32.1. The van der Waals surface area contributed by atoms with Crippen LogP contribution in [0.15, 0.2) is 36.4 Å². The Morgan fingerprint density at radius 3 is 2.70 bits per heavy atom. The molecule has 0 spiro atoms. The fraction of sp³-hybridized carbons (Fsp3) is 0.250. The zero-order chi connectivity index (χ0) is 19.4. The first-order valence-corrected chi connectivity index (χ1v) is 8.96. The molecule has 0 unspecified atom stereocenters. The zero-order valence-corrected chi connectivity index (χ0v) is 16.3. The first-order valence-electron chi connectivity index (χ1n) is 8.55. The van der Waals surface area contributed by atoms with Gasteiger partial charge in [-0.1, -0.05) is 0 Å². The molecule has 0 fully saturated rings. The van der Waals surface area contributed by atoms with Crippen molar-refractivity contribution in [2.75, 3.05) is 26.1 Å².